The molecule has 1 saturated carbocycles. The van der Waals surface area contributed by atoms with E-state index in [-0.39, 0.29) is 12.5 Å². The Morgan fingerprint density at radius 3 is 2.64 bits per heavy atom. The molecule has 0 aliphatic heterocycles. The molecule has 1 fully saturated rings. The molecule has 14 heavy (non-hydrogen) atoms. The number of carboxylic acid groups (broad SMARTS) is 1. The highest BCUT2D eigenvalue weighted by atomic mass is 16.5. The van der Waals surface area contributed by atoms with Crippen LogP contribution < -0.4 is 5.73 Å². The Morgan fingerprint density at radius 2 is 2.21 bits per heavy atom. The Hall–Kier alpha value is -0.650. The van der Waals surface area contributed by atoms with E-state index in [0.29, 0.717) is 13.2 Å². The van der Waals surface area contributed by atoms with E-state index >= 15 is 0 Å². The molecule has 0 saturated heterocycles. The van der Waals surface area contributed by atoms with Crippen LogP contribution in [0.3, 0.4) is 0 Å². The van der Waals surface area contributed by atoms with E-state index in [9.17, 15) is 4.79 Å². The molecule has 0 aromatic heterocycles. The van der Waals surface area contributed by atoms with Crippen molar-refractivity contribution in [3.8, 4) is 0 Å². The van der Waals surface area contributed by atoms with Crippen molar-refractivity contribution < 1.29 is 19.4 Å². The van der Waals surface area contributed by atoms with Crippen molar-refractivity contribution in [2.45, 2.75) is 18.4 Å². The molecular weight excluding hydrogens is 186 g/mol. The second-order valence-electron chi connectivity index (χ2n) is 3.67. The van der Waals surface area contributed by atoms with Crippen molar-refractivity contribution in [3.63, 3.8) is 0 Å². The maximum atomic E-state index is 10.9. The topological polar surface area (TPSA) is 81.8 Å². The standard InChI is InChI=1S/C9H17NO4/c1-13-4-5-14-6-9(10,8(11)12)7-2-3-7/h7H,2-6,10H2,1H3,(H,11,12). The first-order valence-corrected chi connectivity index (χ1v) is 4.70. The molecule has 0 spiro atoms. The van der Waals surface area contributed by atoms with Crippen molar-refractivity contribution >= 4 is 5.97 Å². The monoisotopic (exact) mass is 203 g/mol. The molecule has 0 heterocycles. The number of carboxylic acids is 1. The predicted molar refractivity (Wildman–Crippen MR) is 50.0 cm³/mol. The number of hydrogen-bond acceptors (Lipinski definition) is 4. The first-order valence-electron chi connectivity index (χ1n) is 4.70. The predicted octanol–water partition coefficient (Wildman–Crippen LogP) is -0.158. The van der Waals surface area contributed by atoms with E-state index in [1.54, 1.807) is 7.11 Å². The van der Waals surface area contributed by atoms with E-state index in [1.165, 1.54) is 0 Å². The van der Waals surface area contributed by atoms with Crippen molar-refractivity contribution in [1.29, 1.82) is 0 Å². The fraction of sp³-hybridized carbons (Fsp3) is 0.889. The number of carbonyl (C=O) groups is 1. The van der Waals surface area contributed by atoms with Crippen LogP contribution in [0.2, 0.25) is 0 Å². The van der Waals surface area contributed by atoms with E-state index in [1.807, 2.05) is 0 Å². The summed E-state index contributed by atoms with van der Waals surface area (Å²) in [6.07, 6.45) is 1.77. The van der Waals surface area contributed by atoms with Crippen LogP contribution in [-0.4, -0.2) is 43.5 Å². The van der Waals surface area contributed by atoms with Gasteiger partial charge in [0.1, 0.15) is 5.54 Å². The average molecular weight is 203 g/mol. The van der Waals surface area contributed by atoms with E-state index in [2.05, 4.69) is 0 Å². The Bertz CT molecular complexity index is 205. The molecule has 5 heteroatoms. The Kier molecular flexibility index (Phi) is 3.86. The van der Waals surface area contributed by atoms with Gasteiger partial charge in [-0.3, -0.25) is 4.79 Å². The van der Waals surface area contributed by atoms with Gasteiger partial charge in [-0.15, -0.1) is 0 Å². The Balaban J connectivity index is 2.32. The van der Waals surface area contributed by atoms with Crippen molar-refractivity contribution in [2.75, 3.05) is 26.9 Å². The molecular formula is C9H17NO4. The second-order valence-corrected chi connectivity index (χ2v) is 3.67. The summed E-state index contributed by atoms with van der Waals surface area (Å²) in [7, 11) is 1.57. The fourth-order valence-electron chi connectivity index (χ4n) is 1.34. The minimum Gasteiger partial charge on any atom is -0.480 e. The maximum Gasteiger partial charge on any atom is 0.326 e. The Labute approximate surface area is 83.2 Å². The number of rotatable bonds is 7. The molecule has 1 aliphatic rings. The van der Waals surface area contributed by atoms with E-state index in [4.69, 9.17) is 20.3 Å². The van der Waals surface area contributed by atoms with Crippen molar-refractivity contribution in [3.05, 3.63) is 0 Å². The maximum absolute atomic E-state index is 10.9. The molecule has 0 aromatic rings. The van der Waals surface area contributed by atoms with Gasteiger partial charge < -0.3 is 20.3 Å². The highest BCUT2D eigenvalue weighted by molar-refractivity contribution is 5.79. The molecule has 5 nitrogen and oxygen atoms in total. The molecule has 0 amide bonds. The van der Waals surface area contributed by atoms with Crippen LogP contribution in [0, 0.1) is 5.92 Å². The Morgan fingerprint density at radius 1 is 1.57 bits per heavy atom. The van der Waals surface area contributed by atoms with Crippen LogP contribution in [-0.2, 0) is 14.3 Å². The number of hydrogen-bond donors (Lipinski definition) is 2. The summed E-state index contributed by atoms with van der Waals surface area (Å²) in [5, 5.41) is 8.96. The zero-order valence-corrected chi connectivity index (χ0v) is 8.36. The quantitative estimate of drug-likeness (QED) is 0.562. The van der Waals surface area contributed by atoms with Gasteiger partial charge in [0.25, 0.3) is 0 Å². The summed E-state index contributed by atoms with van der Waals surface area (Å²) < 4.78 is 9.95. The highest BCUT2D eigenvalue weighted by Crippen LogP contribution is 2.38. The highest BCUT2D eigenvalue weighted by Gasteiger charge is 2.48. The van der Waals surface area contributed by atoms with Gasteiger partial charge in [-0.2, -0.15) is 0 Å². The molecule has 1 aliphatic carbocycles. The van der Waals surface area contributed by atoms with Gasteiger partial charge in [-0.05, 0) is 18.8 Å². The van der Waals surface area contributed by atoms with E-state index < -0.39 is 11.5 Å². The van der Waals surface area contributed by atoms with Crippen LogP contribution in [0.25, 0.3) is 0 Å². The third kappa shape index (κ3) is 2.67. The lowest BCUT2D eigenvalue weighted by Crippen LogP contribution is -2.54. The summed E-state index contributed by atoms with van der Waals surface area (Å²) in [5.41, 5.74) is 4.56. The smallest absolute Gasteiger partial charge is 0.326 e. The molecule has 3 N–H and O–H groups in total. The number of nitrogens with two attached hydrogens (primary N) is 1. The lowest BCUT2D eigenvalue weighted by Gasteiger charge is -2.24. The zero-order chi connectivity index (χ0) is 10.6. The van der Waals surface area contributed by atoms with Gasteiger partial charge in [0.15, 0.2) is 0 Å². The number of aliphatic carboxylic acids is 1. The minimum atomic E-state index is -1.20. The van der Waals surface area contributed by atoms with Gasteiger partial charge in [0, 0.05) is 7.11 Å². The largest absolute Gasteiger partial charge is 0.480 e. The SMILES string of the molecule is COCCOCC(N)(C(=O)O)C1CC1. The molecule has 0 aromatic carbocycles. The van der Waals surface area contributed by atoms with Crippen molar-refractivity contribution in [1.82, 2.24) is 0 Å². The third-order valence-electron chi connectivity index (χ3n) is 2.48. The minimum absolute atomic E-state index is 0.0658. The lowest BCUT2D eigenvalue weighted by atomic mass is 9.96. The molecule has 82 valence electrons. The summed E-state index contributed by atoms with van der Waals surface area (Å²) in [5.74, 6) is -0.903. The zero-order valence-electron chi connectivity index (χ0n) is 8.36. The van der Waals surface area contributed by atoms with Crippen molar-refractivity contribution in [2.24, 2.45) is 11.7 Å². The second kappa shape index (κ2) is 4.72. The summed E-state index contributed by atoms with van der Waals surface area (Å²) in [4.78, 5) is 10.9. The first-order chi connectivity index (χ1) is 6.61. The van der Waals surface area contributed by atoms with Crippen LogP contribution in [0.5, 0.6) is 0 Å². The summed E-state index contributed by atoms with van der Waals surface area (Å²) in [6.45, 7) is 0.909. The fourth-order valence-corrected chi connectivity index (χ4v) is 1.34. The molecule has 1 rings (SSSR count). The number of methoxy groups -OCH3 is 1. The lowest BCUT2D eigenvalue weighted by molar-refractivity contribution is -0.147. The first kappa shape index (κ1) is 11.4. The third-order valence-corrected chi connectivity index (χ3v) is 2.48. The van der Waals surface area contributed by atoms with Crippen LogP contribution in [0.1, 0.15) is 12.8 Å². The molecule has 1 atom stereocenters. The normalized spacial score (nSPS) is 20.4. The van der Waals surface area contributed by atoms with Crippen LogP contribution in [0.15, 0.2) is 0 Å². The number of ether oxygens (including phenoxy) is 2. The summed E-state index contributed by atoms with van der Waals surface area (Å²) >= 11 is 0. The van der Waals surface area contributed by atoms with Gasteiger partial charge >= 0.3 is 5.97 Å². The summed E-state index contributed by atoms with van der Waals surface area (Å²) in [6, 6.07) is 0. The molecule has 0 bridgehead atoms. The van der Waals surface area contributed by atoms with Gasteiger partial charge in [-0.1, -0.05) is 0 Å². The van der Waals surface area contributed by atoms with E-state index in [0.717, 1.165) is 12.8 Å². The molecule has 1 unspecified atom stereocenters. The molecule has 0 radical (unpaired) electrons. The van der Waals surface area contributed by atoms with Crippen LogP contribution >= 0.6 is 0 Å². The van der Waals surface area contributed by atoms with Crippen LogP contribution in [0.4, 0.5) is 0 Å². The van der Waals surface area contributed by atoms with Gasteiger partial charge in [0.2, 0.25) is 0 Å². The van der Waals surface area contributed by atoms with Gasteiger partial charge in [-0.25, -0.2) is 0 Å². The average Bonchev–Trinajstić information content (AvgIpc) is 2.95. The van der Waals surface area contributed by atoms with Gasteiger partial charge in [0.05, 0.1) is 19.8 Å².